The minimum absolute atomic E-state index is 0.181. The normalized spacial score (nSPS) is 12.8. The van der Waals surface area contributed by atoms with Crippen molar-refractivity contribution in [3.05, 3.63) is 29.6 Å². The Morgan fingerprint density at radius 3 is 2.50 bits per heavy atom. The van der Waals surface area contributed by atoms with Crippen LogP contribution in [0.2, 0.25) is 0 Å². The molecule has 102 valence electrons. The van der Waals surface area contributed by atoms with Crippen LogP contribution in [-0.2, 0) is 4.74 Å². The molecule has 0 radical (unpaired) electrons. The Balaban J connectivity index is 2.65. The van der Waals surface area contributed by atoms with Crippen molar-refractivity contribution in [1.82, 2.24) is 0 Å². The fraction of sp³-hybridized carbons (Fsp3) is 0.571. The number of halogens is 1. The van der Waals surface area contributed by atoms with Crippen molar-refractivity contribution in [2.45, 2.75) is 33.0 Å². The number of rotatable bonds is 6. The second kappa shape index (κ2) is 6.71. The van der Waals surface area contributed by atoms with Gasteiger partial charge in [0.15, 0.2) is 0 Å². The highest BCUT2D eigenvalue weighted by atomic mass is 19.1. The van der Waals surface area contributed by atoms with Gasteiger partial charge in [-0.3, -0.25) is 0 Å². The van der Waals surface area contributed by atoms with Gasteiger partial charge in [0.1, 0.15) is 5.82 Å². The third kappa shape index (κ3) is 4.27. The van der Waals surface area contributed by atoms with E-state index in [1.165, 1.54) is 6.07 Å². The highest BCUT2D eigenvalue weighted by molar-refractivity contribution is 5.48. The van der Waals surface area contributed by atoms with Gasteiger partial charge in [-0.25, -0.2) is 4.39 Å². The summed E-state index contributed by atoms with van der Waals surface area (Å²) in [6.45, 7) is 6.75. The Morgan fingerprint density at radius 1 is 1.33 bits per heavy atom. The molecule has 0 aliphatic heterocycles. The molecule has 0 unspecified atom stereocenters. The first kappa shape index (κ1) is 14.9. The van der Waals surface area contributed by atoms with E-state index in [1.54, 1.807) is 19.1 Å². The standard InChI is InChI=1S/C14H22FNO2/c1-10(2)18-8-7-16(4)14-6-5-12(11(3)17)9-13(14)15/h5-6,9-11,17H,7-8H2,1-4H3/t11-/m0/s1. The molecule has 0 aromatic heterocycles. The van der Waals surface area contributed by atoms with Gasteiger partial charge in [0.05, 0.1) is 24.5 Å². The molecule has 0 bridgehead atoms. The molecule has 1 atom stereocenters. The number of aliphatic hydroxyl groups is 1. The zero-order valence-electron chi connectivity index (χ0n) is 11.5. The summed E-state index contributed by atoms with van der Waals surface area (Å²) in [5.41, 5.74) is 1.11. The van der Waals surface area contributed by atoms with E-state index >= 15 is 0 Å². The van der Waals surface area contributed by atoms with Crippen molar-refractivity contribution in [2.75, 3.05) is 25.1 Å². The first-order valence-corrected chi connectivity index (χ1v) is 6.22. The van der Waals surface area contributed by atoms with Gasteiger partial charge in [-0.2, -0.15) is 0 Å². The van der Waals surface area contributed by atoms with E-state index < -0.39 is 6.10 Å². The summed E-state index contributed by atoms with van der Waals surface area (Å²) >= 11 is 0. The van der Waals surface area contributed by atoms with E-state index in [9.17, 15) is 9.50 Å². The summed E-state index contributed by atoms with van der Waals surface area (Å²) in [7, 11) is 1.82. The van der Waals surface area contributed by atoms with E-state index in [2.05, 4.69) is 0 Å². The van der Waals surface area contributed by atoms with Crippen molar-refractivity contribution in [3.63, 3.8) is 0 Å². The van der Waals surface area contributed by atoms with Gasteiger partial charge in [-0.05, 0) is 38.5 Å². The summed E-state index contributed by atoms with van der Waals surface area (Å²) in [5, 5.41) is 9.38. The molecule has 0 heterocycles. The van der Waals surface area contributed by atoms with Crippen molar-refractivity contribution in [3.8, 4) is 0 Å². The van der Waals surface area contributed by atoms with Gasteiger partial charge < -0.3 is 14.7 Å². The largest absolute Gasteiger partial charge is 0.389 e. The molecular formula is C14H22FNO2. The predicted octanol–water partition coefficient (Wildman–Crippen LogP) is 2.74. The number of nitrogens with zero attached hydrogens (tertiary/aromatic N) is 1. The summed E-state index contributed by atoms with van der Waals surface area (Å²) < 4.78 is 19.3. The molecule has 0 spiro atoms. The first-order chi connectivity index (χ1) is 8.41. The third-order valence-corrected chi connectivity index (χ3v) is 2.74. The second-order valence-corrected chi connectivity index (χ2v) is 4.73. The lowest BCUT2D eigenvalue weighted by molar-refractivity contribution is 0.0845. The lowest BCUT2D eigenvalue weighted by Gasteiger charge is -2.21. The van der Waals surface area contributed by atoms with Gasteiger partial charge in [0.2, 0.25) is 0 Å². The van der Waals surface area contributed by atoms with Crippen LogP contribution >= 0.6 is 0 Å². The summed E-state index contributed by atoms with van der Waals surface area (Å²) in [6, 6.07) is 4.80. The van der Waals surface area contributed by atoms with Gasteiger partial charge in [0, 0.05) is 13.6 Å². The van der Waals surface area contributed by atoms with E-state index in [0.717, 1.165) is 0 Å². The number of hydrogen-bond acceptors (Lipinski definition) is 3. The second-order valence-electron chi connectivity index (χ2n) is 4.73. The van der Waals surface area contributed by atoms with Crippen LogP contribution in [0.3, 0.4) is 0 Å². The highest BCUT2D eigenvalue weighted by Crippen LogP contribution is 2.22. The van der Waals surface area contributed by atoms with Crippen molar-refractivity contribution >= 4 is 5.69 Å². The predicted molar refractivity (Wildman–Crippen MR) is 71.4 cm³/mol. The quantitative estimate of drug-likeness (QED) is 0.848. The van der Waals surface area contributed by atoms with Crippen LogP contribution in [-0.4, -0.2) is 31.4 Å². The molecule has 3 nitrogen and oxygen atoms in total. The van der Waals surface area contributed by atoms with E-state index in [0.29, 0.717) is 24.4 Å². The maximum atomic E-state index is 13.9. The smallest absolute Gasteiger partial charge is 0.146 e. The Labute approximate surface area is 108 Å². The van der Waals surface area contributed by atoms with Gasteiger partial charge in [0.25, 0.3) is 0 Å². The van der Waals surface area contributed by atoms with E-state index in [-0.39, 0.29) is 11.9 Å². The molecule has 1 aromatic carbocycles. The number of benzene rings is 1. The van der Waals surface area contributed by atoms with Crippen LogP contribution < -0.4 is 4.90 Å². The van der Waals surface area contributed by atoms with Crippen LogP contribution in [0.1, 0.15) is 32.4 Å². The van der Waals surface area contributed by atoms with Crippen molar-refractivity contribution in [2.24, 2.45) is 0 Å². The molecule has 0 saturated carbocycles. The molecule has 4 heteroatoms. The molecule has 0 aliphatic carbocycles. The lowest BCUT2D eigenvalue weighted by atomic mass is 10.1. The Morgan fingerprint density at radius 2 is 2.00 bits per heavy atom. The zero-order chi connectivity index (χ0) is 13.7. The number of ether oxygens (including phenoxy) is 1. The number of anilines is 1. The summed E-state index contributed by atoms with van der Waals surface area (Å²) in [5.74, 6) is -0.319. The fourth-order valence-corrected chi connectivity index (χ4v) is 1.64. The van der Waals surface area contributed by atoms with Crippen molar-refractivity contribution in [1.29, 1.82) is 0 Å². The molecular weight excluding hydrogens is 233 g/mol. The maximum absolute atomic E-state index is 13.9. The van der Waals surface area contributed by atoms with E-state index in [1.807, 2.05) is 25.8 Å². The number of likely N-dealkylation sites (N-methyl/N-ethyl adjacent to an activating group) is 1. The molecule has 18 heavy (non-hydrogen) atoms. The molecule has 1 rings (SSSR count). The average molecular weight is 255 g/mol. The Kier molecular flexibility index (Phi) is 5.56. The summed E-state index contributed by atoms with van der Waals surface area (Å²) in [6.07, 6.45) is -0.469. The molecule has 1 N–H and O–H groups in total. The highest BCUT2D eigenvalue weighted by Gasteiger charge is 2.10. The zero-order valence-corrected chi connectivity index (χ0v) is 11.5. The Bertz CT molecular complexity index is 380. The van der Waals surface area contributed by atoms with Crippen LogP contribution in [0.5, 0.6) is 0 Å². The van der Waals surface area contributed by atoms with Gasteiger partial charge in [-0.15, -0.1) is 0 Å². The summed E-state index contributed by atoms with van der Waals surface area (Å²) in [4.78, 5) is 1.81. The molecule has 0 saturated heterocycles. The SMILES string of the molecule is CC(C)OCCN(C)c1ccc([C@H](C)O)cc1F. The molecule has 0 fully saturated rings. The average Bonchev–Trinajstić information content (AvgIpc) is 2.27. The monoisotopic (exact) mass is 255 g/mol. The number of aliphatic hydroxyl groups excluding tert-OH is 1. The third-order valence-electron chi connectivity index (χ3n) is 2.74. The maximum Gasteiger partial charge on any atom is 0.146 e. The van der Waals surface area contributed by atoms with Crippen LogP contribution in [0, 0.1) is 5.82 Å². The lowest BCUT2D eigenvalue weighted by Crippen LogP contribution is -2.24. The number of hydrogen-bond donors (Lipinski definition) is 1. The van der Waals surface area contributed by atoms with Crippen LogP contribution in [0.15, 0.2) is 18.2 Å². The van der Waals surface area contributed by atoms with Gasteiger partial charge in [-0.1, -0.05) is 6.07 Å². The molecule has 0 aliphatic rings. The van der Waals surface area contributed by atoms with Crippen LogP contribution in [0.25, 0.3) is 0 Å². The first-order valence-electron chi connectivity index (χ1n) is 6.22. The molecule has 1 aromatic rings. The van der Waals surface area contributed by atoms with Gasteiger partial charge >= 0.3 is 0 Å². The minimum atomic E-state index is -0.650. The molecule has 0 amide bonds. The van der Waals surface area contributed by atoms with Crippen LogP contribution in [0.4, 0.5) is 10.1 Å². The van der Waals surface area contributed by atoms with Crippen molar-refractivity contribution < 1.29 is 14.2 Å². The fourth-order valence-electron chi connectivity index (χ4n) is 1.64. The minimum Gasteiger partial charge on any atom is -0.389 e. The topological polar surface area (TPSA) is 32.7 Å². The Hall–Kier alpha value is -1.13. The van der Waals surface area contributed by atoms with E-state index in [4.69, 9.17) is 4.74 Å².